The lowest BCUT2D eigenvalue weighted by Crippen LogP contribution is -2.23. The van der Waals surface area contributed by atoms with Crippen molar-refractivity contribution < 1.29 is 24.9 Å². The minimum atomic E-state index is -0.595. The minimum absolute atomic E-state index is 0.0853. The molecule has 0 fully saturated rings. The van der Waals surface area contributed by atoms with Gasteiger partial charge in [-0.15, -0.1) is 0 Å². The SMILES string of the molecule is Cc1c(CO)cc(O)c2c1C(=O)c1cccc(O)c1C2=O. The Morgan fingerprint density at radius 1 is 0.952 bits per heavy atom. The second-order valence-electron chi connectivity index (χ2n) is 4.95. The molecule has 2 aromatic carbocycles. The van der Waals surface area contributed by atoms with Crippen LogP contribution < -0.4 is 0 Å². The molecule has 106 valence electrons. The molecule has 0 heterocycles. The van der Waals surface area contributed by atoms with Gasteiger partial charge in [0, 0.05) is 11.1 Å². The van der Waals surface area contributed by atoms with E-state index in [1.54, 1.807) is 6.92 Å². The number of aliphatic hydroxyl groups excluding tert-OH is 1. The Balaban J connectivity index is 2.41. The minimum Gasteiger partial charge on any atom is -0.507 e. The van der Waals surface area contributed by atoms with Crippen molar-refractivity contribution in [2.45, 2.75) is 13.5 Å². The van der Waals surface area contributed by atoms with Crippen molar-refractivity contribution in [3.8, 4) is 11.5 Å². The number of carbonyl (C=O) groups excluding carboxylic acids is 2. The second-order valence-corrected chi connectivity index (χ2v) is 4.95. The molecule has 0 spiro atoms. The Morgan fingerprint density at radius 2 is 1.67 bits per heavy atom. The molecule has 1 aliphatic rings. The van der Waals surface area contributed by atoms with Gasteiger partial charge in [-0.05, 0) is 30.2 Å². The largest absolute Gasteiger partial charge is 0.507 e. The summed E-state index contributed by atoms with van der Waals surface area (Å²) in [6, 6.07) is 5.53. The summed E-state index contributed by atoms with van der Waals surface area (Å²) >= 11 is 0. The van der Waals surface area contributed by atoms with E-state index in [0.717, 1.165) is 0 Å². The molecule has 0 saturated carbocycles. The molecule has 0 aromatic heterocycles. The Hall–Kier alpha value is -2.66. The van der Waals surface area contributed by atoms with Crippen LogP contribution in [0.4, 0.5) is 0 Å². The standard InChI is InChI=1S/C16H12O5/c1-7-8(6-17)5-11(19)14-12(7)15(20)9-3-2-4-10(18)13(9)16(14)21/h2-5,17-19H,6H2,1H3. The molecular weight excluding hydrogens is 272 g/mol. The van der Waals surface area contributed by atoms with Crippen molar-refractivity contribution in [2.24, 2.45) is 0 Å². The van der Waals surface area contributed by atoms with Crippen LogP contribution in [-0.2, 0) is 6.61 Å². The maximum atomic E-state index is 12.6. The van der Waals surface area contributed by atoms with Crippen LogP contribution in [0, 0.1) is 6.92 Å². The van der Waals surface area contributed by atoms with E-state index in [1.807, 2.05) is 0 Å². The average molecular weight is 284 g/mol. The quantitative estimate of drug-likeness (QED) is 0.632. The van der Waals surface area contributed by atoms with Crippen molar-refractivity contribution in [3.05, 3.63) is 57.6 Å². The topological polar surface area (TPSA) is 94.8 Å². The van der Waals surface area contributed by atoms with E-state index in [0.29, 0.717) is 11.1 Å². The first kappa shape index (κ1) is 13.3. The molecular formula is C16H12O5. The number of rotatable bonds is 1. The highest BCUT2D eigenvalue weighted by Crippen LogP contribution is 2.38. The number of benzene rings is 2. The third-order valence-corrected chi connectivity index (χ3v) is 3.81. The number of phenols is 2. The first-order chi connectivity index (χ1) is 9.97. The number of phenolic OH excluding ortho intramolecular Hbond substituents is 2. The fourth-order valence-corrected chi connectivity index (χ4v) is 2.73. The normalized spacial score (nSPS) is 13.0. The van der Waals surface area contributed by atoms with Crippen molar-refractivity contribution in [1.82, 2.24) is 0 Å². The van der Waals surface area contributed by atoms with E-state index in [9.17, 15) is 24.9 Å². The molecule has 0 radical (unpaired) electrons. The lowest BCUT2D eigenvalue weighted by Gasteiger charge is -2.22. The Kier molecular flexibility index (Phi) is 2.81. The summed E-state index contributed by atoms with van der Waals surface area (Å²) in [7, 11) is 0. The highest BCUT2D eigenvalue weighted by Gasteiger charge is 2.35. The van der Waals surface area contributed by atoms with Gasteiger partial charge in [-0.1, -0.05) is 12.1 Å². The Bertz CT molecular complexity index is 805. The van der Waals surface area contributed by atoms with Crippen LogP contribution in [0.15, 0.2) is 24.3 Å². The van der Waals surface area contributed by atoms with E-state index in [2.05, 4.69) is 0 Å². The summed E-state index contributed by atoms with van der Waals surface area (Å²) < 4.78 is 0. The van der Waals surface area contributed by atoms with Gasteiger partial charge in [0.05, 0.1) is 17.7 Å². The van der Waals surface area contributed by atoms with E-state index < -0.39 is 11.6 Å². The molecule has 0 unspecified atom stereocenters. The van der Waals surface area contributed by atoms with Gasteiger partial charge in [-0.25, -0.2) is 0 Å². The number of hydrogen-bond donors (Lipinski definition) is 3. The zero-order chi connectivity index (χ0) is 15.3. The zero-order valence-corrected chi connectivity index (χ0v) is 11.2. The molecule has 5 heteroatoms. The number of carbonyl (C=O) groups is 2. The van der Waals surface area contributed by atoms with E-state index in [1.165, 1.54) is 24.3 Å². The average Bonchev–Trinajstić information content (AvgIpc) is 2.46. The van der Waals surface area contributed by atoms with Gasteiger partial charge in [0.25, 0.3) is 0 Å². The fraction of sp³-hybridized carbons (Fsp3) is 0.125. The first-order valence-electron chi connectivity index (χ1n) is 6.35. The monoisotopic (exact) mass is 284 g/mol. The summed E-state index contributed by atoms with van der Waals surface area (Å²) in [5.74, 6) is -1.70. The van der Waals surface area contributed by atoms with Gasteiger partial charge in [-0.2, -0.15) is 0 Å². The van der Waals surface area contributed by atoms with Crippen molar-refractivity contribution in [1.29, 1.82) is 0 Å². The highest BCUT2D eigenvalue weighted by molar-refractivity contribution is 6.30. The fourth-order valence-electron chi connectivity index (χ4n) is 2.73. The third kappa shape index (κ3) is 1.68. The molecule has 0 saturated heterocycles. The van der Waals surface area contributed by atoms with Crippen LogP contribution in [0.5, 0.6) is 11.5 Å². The van der Waals surface area contributed by atoms with Gasteiger partial charge in [0.2, 0.25) is 5.78 Å². The van der Waals surface area contributed by atoms with Crippen molar-refractivity contribution in [3.63, 3.8) is 0 Å². The zero-order valence-electron chi connectivity index (χ0n) is 11.2. The van der Waals surface area contributed by atoms with Gasteiger partial charge in [0.15, 0.2) is 5.78 Å². The van der Waals surface area contributed by atoms with Crippen LogP contribution in [0.3, 0.4) is 0 Å². The molecule has 0 amide bonds. The van der Waals surface area contributed by atoms with E-state index in [-0.39, 0.29) is 40.4 Å². The molecule has 0 aliphatic heterocycles. The van der Waals surface area contributed by atoms with Gasteiger partial charge in [-0.3, -0.25) is 9.59 Å². The molecule has 0 bridgehead atoms. The van der Waals surface area contributed by atoms with Crippen LogP contribution in [0.1, 0.15) is 43.0 Å². The number of aromatic hydroxyl groups is 2. The molecule has 2 aromatic rings. The van der Waals surface area contributed by atoms with Crippen molar-refractivity contribution in [2.75, 3.05) is 0 Å². The van der Waals surface area contributed by atoms with E-state index >= 15 is 0 Å². The highest BCUT2D eigenvalue weighted by atomic mass is 16.3. The van der Waals surface area contributed by atoms with Crippen LogP contribution in [0.2, 0.25) is 0 Å². The lowest BCUT2D eigenvalue weighted by molar-refractivity contribution is 0.0973. The maximum Gasteiger partial charge on any atom is 0.201 e. The maximum absolute atomic E-state index is 12.6. The second kappa shape index (κ2) is 4.43. The number of aliphatic hydroxyl groups is 1. The number of ketones is 2. The number of hydrogen-bond acceptors (Lipinski definition) is 5. The summed E-state index contributed by atoms with van der Waals surface area (Å²) in [5, 5.41) is 29.2. The molecule has 21 heavy (non-hydrogen) atoms. The molecule has 1 aliphatic carbocycles. The summed E-state index contributed by atoms with van der Waals surface area (Å²) in [4.78, 5) is 25.1. The summed E-state index contributed by atoms with van der Waals surface area (Å²) in [6.07, 6.45) is 0. The van der Waals surface area contributed by atoms with Gasteiger partial charge >= 0.3 is 0 Å². The molecule has 0 atom stereocenters. The van der Waals surface area contributed by atoms with Crippen LogP contribution in [0.25, 0.3) is 0 Å². The predicted octanol–water partition coefficient (Wildman–Crippen LogP) is 1.67. The first-order valence-corrected chi connectivity index (χ1v) is 6.35. The molecule has 3 rings (SSSR count). The van der Waals surface area contributed by atoms with E-state index in [4.69, 9.17) is 0 Å². The Morgan fingerprint density at radius 3 is 2.33 bits per heavy atom. The smallest absolute Gasteiger partial charge is 0.201 e. The summed E-state index contributed by atoms with van der Waals surface area (Å²) in [6.45, 7) is 1.27. The lowest BCUT2D eigenvalue weighted by atomic mass is 9.80. The van der Waals surface area contributed by atoms with Crippen LogP contribution in [-0.4, -0.2) is 26.9 Å². The van der Waals surface area contributed by atoms with Crippen molar-refractivity contribution >= 4 is 11.6 Å². The van der Waals surface area contributed by atoms with Gasteiger partial charge in [0.1, 0.15) is 11.5 Å². The van der Waals surface area contributed by atoms with Gasteiger partial charge < -0.3 is 15.3 Å². The Labute approximate surface area is 120 Å². The predicted molar refractivity (Wildman–Crippen MR) is 73.7 cm³/mol. The van der Waals surface area contributed by atoms with Crippen LogP contribution >= 0.6 is 0 Å². The molecule has 5 nitrogen and oxygen atoms in total. The third-order valence-electron chi connectivity index (χ3n) is 3.81. The number of fused-ring (bicyclic) bond motifs is 2. The summed E-state index contributed by atoms with van der Waals surface area (Å²) in [5.41, 5.74) is 0.811. The molecule has 3 N–H and O–H groups in total.